The van der Waals surface area contributed by atoms with E-state index in [0.717, 1.165) is 24.5 Å². The molecule has 0 aromatic heterocycles. The molecule has 142 valence electrons. The Kier molecular flexibility index (Phi) is 8.34. The molecule has 0 bridgehead atoms. The number of likely N-dealkylation sites (tertiary alicyclic amines) is 1. The summed E-state index contributed by atoms with van der Waals surface area (Å²) in [7, 11) is 3.35. The number of benzene rings is 1. The zero-order valence-electron chi connectivity index (χ0n) is 15.5. The van der Waals surface area contributed by atoms with Crippen LogP contribution in [-0.4, -0.2) is 51.0 Å². The van der Waals surface area contributed by atoms with Crippen molar-refractivity contribution in [1.82, 2.24) is 4.90 Å². The second-order valence-corrected chi connectivity index (χ2v) is 6.94. The van der Waals surface area contributed by atoms with Crippen LogP contribution in [0.25, 0.3) is 0 Å². The van der Waals surface area contributed by atoms with Crippen molar-refractivity contribution in [3.05, 3.63) is 23.8 Å². The van der Waals surface area contributed by atoms with Crippen LogP contribution in [0, 0.1) is 0 Å². The number of halogens is 1. The highest BCUT2D eigenvalue weighted by atomic mass is 35.5. The Balaban J connectivity index is 0.00000225. The van der Waals surface area contributed by atoms with Crippen molar-refractivity contribution in [1.29, 1.82) is 0 Å². The van der Waals surface area contributed by atoms with Crippen molar-refractivity contribution in [3.8, 4) is 11.5 Å². The monoisotopic (exact) mass is 369 g/mol. The average molecular weight is 370 g/mol. The Bertz CT molecular complexity index is 520. The quantitative estimate of drug-likeness (QED) is 0.724. The van der Waals surface area contributed by atoms with Gasteiger partial charge in [-0.2, -0.15) is 0 Å². The molecular weight excluding hydrogens is 338 g/mol. The Morgan fingerprint density at radius 3 is 2.40 bits per heavy atom. The molecule has 1 aliphatic heterocycles. The van der Waals surface area contributed by atoms with Gasteiger partial charge in [-0.05, 0) is 62.9 Å². The lowest BCUT2D eigenvalue weighted by molar-refractivity contribution is -0.0290. The van der Waals surface area contributed by atoms with Gasteiger partial charge in [0, 0.05) is 6.04 Å². The first-order valence-electron chi connectivity index (χ1n) is 9.38. The molecule has 2 aliphatic rings. The van der Waals surface area contributed by atoms with Crippen LogP contribution in [0.4, 0.5) is 0 Å². The van der Waals surface area contributed by atoms with E-state index in [4.69, 9.17) is 14.2 Å². The van der Waals surface area contributed by atoms with E-state index in [2.05, 4.69) is 17.0 Å². The summed E-state index contributed by atoms with van der Waals surface area (Å²) >= 11 is 0. The van der Waals surface area contributed by atoms with Gasteiger partial charge in [0.05, 0.1) is 26.9 Å². The fraction of sp³-hybridized carbons (Fsp3) is 0.700. The first-order valence-corrected chi connectivity index (χ1v) is 9.38. The fourth-order valence-electron chi connectivity index (χ4n) is 4.13. The van der Waals surface area contributed by atoms with Crippen LogP contribution in [0.1, 0.15) is 44.1 Å². The highest BCUT2D eigenvalue weighted by Gasteiger charge is 2.31. The van der Waals surface area contributed by atoms with Gasteiger partial charge in [0.15, 0.2) is 11.5 Å². The summed E-state index contributed by atoms with van der Waals surface area (Å²) < 4.78 is 17.0. The van der Waals surface area contributed by atoms with Crippen LogP contribution < -0.4 is 9.47 Å². The Morgan fingerprint density at radius 2 is 1.68 bits per heavy atom. The molecule has 0 spiro atoms. The number of hydrogen-bond donors (Lipinski definition) is 0. The molecule has 1 saturated carbocycles. The number of methoxy groups -OCH3 is 2. The standard InChI is InChI=1S/C20H31NO3.ClH/c1-22-19-10-9-16(15-20(19)23-2)11-14-24-18-8-4-3-7-17(18)21-12-5-6-13-21;/h9-10,15,17-18H,3-8,11-14H2,1-2H3;1H/t17-,18-;/m1./s1. The van der Waals surface area contributed by atoms with Gasteiger partial charge < -0.3 is 14.2 Å². The number of rotatable bonds is 7. The van der Waals surface area contributed by atoms with Crippen LogP contribution in [-0.2, 0) is 11.2 Å². The van der Waals surface area contributed by atoms with Crippen LogP contribution in [0.15, 0.2) is 18.2 Å². The minimum atomic E-state index is 0. The minimum absolute atomic E-state index is 0. The summed E-state index contributed by atoms with van der Waals surface area (Å²) in [5.74, 6) is 1.58. The van der Waals surface area contributed by atoms with E-state index in [-0.39, 0.29) is 12.4 Å². The highest BCUT2D eigenvalue weighted by Crippen LogP contribution is 2.29. The first kappa shape index (κ1) is 20.3. The molecule has 1 aromatic carbocycles. The van der Waals surface area contributed by atoms with Gasteiger partial charge in [-0.15, -0.1) is 12.4 Å². The predicted molar refractivity (Wildman–Crippen MR) is 103 cm³/mol. The van der Waals surface area contributed by atoms with Gasteiger partial charge >= 0.3 is 0 Å². The summed E-state index contributed by atoms with van der Waals surface area (Å²) in [5, 5.41) is 0. The van der Waals surface area contributed by atoms with Crippen LogP contribution in [0.5, 0.6) is 11.5 Å². The molecule has 0 N–H and O–H groups in total. The Morgan fingerprint density at radius 1 is 0.960 bits per heavy atom. The third-order valence-electron chi connectivity index (χ3n) is 5.45. The zero-order chi connectivity index (χ0) is 16.8. The zero-order valence-corrected chi connectivity index (χ0v) is 16.4. The third-order valence-corrected chi connectivity index (χ3v) is 5.45. The van der Waals surface area contributed by atoms with Crippen molar-refractivity contribution in [2.45, 2.75) is 57.1 Å². The van der Waals surface area contributed by atoms with Gasteiger partial charge in [-0.25, -0.2) is 0 Å². The maximum Gasteiger partial charge on any atom is 0.160 e. The normalized spacial score (nSPS) is 23.9. The molecule has 25 heavy (non-hydrogen) atoms. The van der Waals surface area contributed by atoms with Crippen molar-refractivity contribution in [2.24, 2.45) is 0 Å². The molecule has 2 atom stereocenters. The van der Waals surface area contributed by atoms with Crippen LogP contribution in [0.3, 0.4) is 0 Å². The smallest absolute Gasteiger partial charge is 0.160 e. The summed E-state index contributed by atoms with van der Waals surface area (Å²) in [6.07, 6.45) is 9.24. The molecule has 3 rings (SSSR count). The lowest BCUT2D eigenvalue weighted by atomic mass is 9.91. The highest BCUT2D eigenvalue weighted by molar-refractivity contribution is 5.85. The van der Waals surface area contributed by atoms with Gasteiger partial charge in [0.2, 0.25) is 0 Å². The number of nitrogens with zero attached hydrogens (tertiary/aromatic N) is 1. The lowest BCUT2D eigenvalue weighted by Crippen LogP contribution is -2.45. The summed E-state index contributed by atoms with van der Waals surface area (Å²) in [6, 6.07) is 6.78. The van der Waals surface area contributed by atoms with Crippen molar-refractivity contribution < 1.29 is 14.2 Å². The molecule has 0 radical (unpaired) electrons. The first-order chi connectivity index (χ1) is 11.8. The second-order valence-electron chi connectivity index (χ2n) is 6.94. The molecule has 1 heterocycles. The molecule has 4 nitrogen and oxygen atoms in total. The largest absolute Gasteiger partial charge is 0.493 e. The Labute approximate surface area is 158 Å². The third kappa shape index (κ3) is 5.25. The fourth-order valence-corrected chi connectivity index (χ4v) is 4.13. The molecule has 0 unspecified atom stereocenters. The summed E-state index contributed by atoms with van der Waals surface area (Å²) in [5.41, 5.74) is 1.24. The van der Waals surface area contributed by atoms with Crippen molar-refractivity contribution in [3.63, 3.8) is 0 Å². The minimum Gasteiger partial charge on any atom is -0.493 e. The topological polar surface area (TPSA) is 30.9 Å². The molecule has 1 aliphatic carbocycles. The van der Waals surface area contributed by atoms with Crippen LogP contribution in [0.2, 0.25) is 0 Å². The van der Waals surface area contributed by atoms with E-state index in [1.807, 2.05) is 6.07 Å². The molecular formula is C20H32ClNO3. The lowest BCUT2D eigenvalue weighted by Gasteiger charge is -2.37. The van der Waals surface area contributed by atoms with E-state index in [1.165, 1.54) is 57.2 Å². The molecule has 0 amide bonds. The van der Waals surface area contributed by atoms with Gasteiger partial charge in [0.1, 0.15) is 0 Å². The average Bonchev–Trinajstić information content (AvgIpc) is 3.16. The summed E-state index contributed by atoms with van der Waals surface area (Å²) in [6.45, 7) is 3.31. The Hall–Kier alpha value is -0.970. The van der Waals surface area contributed by atoms with Crippen molar-refractivity contribution in [2.75, 3.05) is 33.9 Å². The molecule has 5 heteroatoms. The van der Waals surface area contributed by atoms with Gasteiger partial charge in [0.25, 0.3) is 0 Å². The van der Waals surface area contributed by atoms with Gasteiger partial charge in [-0.1, -0.05) is 18.9 Å². The van der Waals surface area contributed by atoms with Gasteiger partial charge in [-0.3, -0.25) is 4.90 Å². The predicted octanol–water partition coefficient (Wildman–Crippen LogP) is 4.09. The van der Waals surface area contributed by atoms with Crippen molar-refractivity contribution >= 4 is 12.4 Å². The van der Waals surface area contributed by atoms with E-state index in [1.54, 1.807) is 14.2 Å². The van der Waals surface area contributed by atoms with E-state index in [0.29, 0.717) is 12.1 Å². The molecule has 1 saturated heterocycles. The van der Waals surface area contributed by atoms with Crippen LogP contribution >= 0.6 is 12.4 Å². The maximum atomic E-state index is 6.33. The van der Waals surface area contributed by atoms with E-state index >= 15 is 0 Å². The van der Waals surface area contributed by atoms with E-state index in [9.17, 15) is 0 Å². The SMILES string of the molecule is COc1ccc(CCO[C@@H]2CCCC[C@H]2N2CCCC2)cc1OC.Cl. The van der Waals surface area contributed by atoms with E-state index < -0.39 is 0 Å². The second kappa shape index (κ2) is 10.2. The summed E-state index contributed by atoms with van der Waals surface area (Å²) in [4.78, 5) is 2.67. The number of hydrogen-bond acceptors (Lipinski definition) is 4. The molecule has 1 aromatic rings. The number of ether oxygens (including phenoxy) is 3. The molecule has 2 fully saturated rings. The maximum absolute atomic E-state index is 6.33.